The third kappa shape index (κ3) is 11.4. The number of nitrogens with zero attached hydrogens (tertiary/aromatic N) is 3. The van der Waals surface area contributed by atoms with E-state index in [2.05, 4.69) is 33.8 Å². The molecule has 0 bridgehead atoms. The van der Waals surface area contributed by atoms with Crippen LogP contribution in [0.2, 0.25) is 5.02 Å². The number of hydrogen-bond acceptors (Lipinski definition) is 11. The number of carboxylic acid groups (broad SMARTS) is 1. The predicted octanol–water partition coefficient (Wildman–Crippen LogP) is 7.20. The third-order valence-electron chi connectivity index (χ3n) is 11.3. The lowest BCUT2D eigenvalue weighted by atomic mass is 9.93. The molecule has 2 aliphatic heterocycles. The highest BCUT2D eigenvalue weighted by molar-refractivity contribution is 7.90. The van der Waals surface area contributed by atoms with E-state index in [1.54, 1.807) is 25.3 Å². The van der Waals surface area contributed by atoms with Gasteiger partial charge in [0.15, 0.2) is 9.84 Å². The number of carboxylic acids is 1. The lowest BCUT2D eigenvalue weighted by Crippen LogP contribution is -2.43. The van der Waals surface area contributed by atoms with Crippen LogP contribution in [-0.4, -0.2) is 95.9 Å². The number of carbonyl (C=O) groups excluding carboxylic acids is 1. The van der Waals surface area contributed by atoms with Gasteiger partial charge in [-0.25, -0.2) is 8.42 Å². The first-order valence-electron chi connectivity index (χ1n) is 20.0. The van der Waals surface area contributed by atoms with Gasteiger partial charge in [0, 0.05) is 62.0 Å². The number of Topliss-reactive ketones (excluding diaryl/α,β-unsaturated/α-hetero) is 1. The molecule has 0 radical (unpaired) electrons. The van der Waals surface area contributed by atoms with Crippen molar-refractivity contribution in [2.75, 3.05) is 39.0 Å². The van der Waals surface area contributed by atoms with Crippen molar-refractivity contribution in [2.45, 2.75) is 95.6 Å². The molecule has 14 heteroatoms. The number of ether oxygens (including phenoxy) is 3. The molecule has 1 unspecified atom stereocenters. The van der Waals surface area contributed by atoms with Crippen molar-refractivity contribution in [1.82, 2.24) is 14.8 Å². The van der Waals surface area contributed by atoms with Crippen molar-refractivity contribution >= 4 is 33.2 Å². The Morgan fingerprint density at radius 2 is 1.66 bits per heavy atom. The quantitative estimate of drug-likeness (QED) is 0.0973. The van der Waals surface area contributed by atoms with E-state index in [9.17, 15) is 23.1 Å². The number of benzene rings is 3. The highest BCUT2D eigenvalue weighted by Gasteiger charge is 2.37. The largest absolute Gasteiger partial charge is 0.493 e. The predicted molar refractivity (Wildman–Crippen MR) is 226 cm³/mol. The summed E-state index contributed by atoms with van der Waals surface area (Å²) in [6.07, 6.45) is 7.74. The minimum atomic E-state index is -3.46. The molecule has 0 saturated carbocycles. The van der Waals surface area contributed by atoms with E-state index in [1.165, 1.54) is 6.20 Å². The fourth-order valence-corrected chi connectivity index (χ4v) is 8.95. The number of carbonyl (C=O) groups is 2. The van der Waals surface area contributed by atoms with Crippen LogP contribution >= 0.6 is 11.6 Å². The molecule has 3 heterocycles. The molecule has 3 aromatic carbocycles. The van der Waals surface area contributed by atoms with E-state index in [4.69, 9.17) is 30.9 Å². The number of likely N-dealkylation sites (tertiary alicyclic amines) is 2. The lowest BCUT2D eigenvalue weighted by Gasteiger charge is -2.34. The van der Waals surface area contributed by atoms with E-state index in [0.29, 0.717) is 61.3 Å². The first kappa shape index (κ1) is 44.0. The number of β-amino-alcohol motifs (C(OH)–C–C–N with tert-alkyl or cyclic N) is 1. The van der Waals surface area contributed by atoms with Crippen molar-refractivity contribution in [3.63, 3.8) is 0 Å². The summed E-state index contributed by atoms with van der Waals surface area (Å²) in [5.74, 6) is 0.855. The van der Waals surface area contributed by atoms with Crippen molar-refractivity contribution in [3.8, 4) is 28.4 Å². The molecule has 2 saturated heterocycles. The Bertz CT molecular complexity index is 2270. The number of halogens is 1. The molecule has 316 valence electrons. The summed E-state index contributed by atoms with van der Waals surface area (Å²) in [4.78, 5) is 32.2. The van der Waals surface area contributed by atoms with Gasteiger partial charge in [-0.2, -0.15) is 0 Å². The van der Waals surface area contributed by atoms with E-state index in [1.807, 2.05) is 37.3 Å². The molecular weight excluding hydrogens is 794 g/mol. The van der Waals surface area contributed by atoms with Crippen LogP contribution in [0.5, 0.6) is 17.2 Å². The highest BCUT2D eigenvalue weighted by Crippen LogP contribution is 2.38. The Labute approximate surface area is 352 Å². The van der Waals surface area contributed by atoms with Crippen LogP contribution in [0.4, 0.5) is 0 Å². The molecule has 2 N–H and O–H groups in total. The minimum Gasteiger partial charge on any atom is -0.493 e. The Morgan fingerprint density at radius 3 is 2.41 bits per heavy atom. The number of ketones is 1. The molecule has 2 fully saturated rings. The van der Waals surface area contributed by atoms with Crippen LogP contribution < -0.4 is 14.2 Å². The number of aliphatic carboxylic acids is 1. The normalized spacial score (nSPS) is 18.8. The number of piperidine rings is 1. The summed E-state index contributed by atoms with van der Waals surface area (Å²) in [6.45, 7) is 9.43. The van der Waals surface area contributed by atoms with Crippen molar-refractivity contribution in [3.05, 3.63) is 99.8 Å². The maximum absolute atomic E-state index is 12.6. The number of rotatable bonds is 18. The van der Waals surface area contributed by atoms with Crippen molar-refractivity contribution in [2.24, 2.45) is 0 Å². The zero-order valence-electron chi connectivity index (χ0n) is 34.2. The molecule has 0 amide bonds. The van der Waals surface area contributed by atoms with Crippen molar-refractivity contribution in [1.29, 1.82) is 0 Å². The van der Waals surface area contributed by atoms with Gasteiger partial charge in [0.05, 0.1) is 34.6 Å². The Kier molecular flexibility index (Phi) is 14.4. The smallest absolute Gasteiger partial charge is 0.306 e. The van der Waals surface area contributed by atoms with Gasteiger partial charge >= 0.3 is 5.97 Å². The second-order valence-corrected chi connectivity index (χ2v) is 18.3. The fourth-order valence-electron chi connectivity index (χ4n) is 8.09. The second-order valence-electron chi connectivity index (χ2n) is 15.9. The highest BCUT2D eigenvalue weighted by atomic mass is 35.5. The van der Waals surface area contributed by atoms with Gasteiger partial charge in [0.1, 0.15) is 36.2 Å². The van der Waals surface area contributed by atoms with E-state index >= 15 is 0 Å². The topological polar surface area (TPSA) is 156 Å². The molecule has 2 aliphatic rings. The summed E-state index contributed by atoms with van der Waals surface area (Å²) in [5, 5.41) is 20.1. The van der Waals surface area contributed by atoms with Gasteiger partial charge in [-0.3, -0.25) is 19.5 Å². The molecular formula is C45H54ClN3O9S. The summed E-state index contributed by atoms with van der Waals surface area (Å²) in [5.41, 5.74) is 5.29. The SMILES string of the molecule is CC(=O)[C@@H]1CCCCN1Cc1cc(Cl)c(OCc2cccc(-c3cccc(OCCCN4CCC(O)(CC(=O)O)C4)c3C)c2C)cc1OCc1cncc(S(C)(=O)=O)c1. The van der Waals surface area contributed by atoms with Crippen LogP contribution in [0, 0.1) is 13.8 Å². The number of aromatic nitrogens is 1. The van der Waals surface area contributed by atoms with Crippen LogP contribution in [0.1, 0.15) is 73.3 Å². The van der Waals surface area contributed by atoms with Gasteiger partial charge in [0.2, 0.25) is 0 Å². The third-order valence-corrected chi connectivity index (χ3v) is 12.7. The summed E-state index contributed by atoms with van der Waals surface area (Å²) >= 11 is 6.91. The molecule has 2 atom stereocenters. The molecule has 0 aliphatic carbocycles. The number of hydrogen-bond donors (Lipinski definition) is 2. The van der Waals surface area contributed by atoms with Gasteiger partial charge in [-0.05, 0) is 99.0 Å². The Balaban J connectivity index is 1.16. The van der Waals surface area contributed by atoms with Crippen LogP contribution in [0.15, 0.2) is 71.9 Å². The minimum absolute atomic E-state index is 0.0568. The van der Waals surface area contributed by atoms with Gasteiger partial charge in [-0.1, -0.05) is 48.4 Å². The molecule has 1 aromatic heterocycles. The van der Waals surface area contributed by atoms with E-state index in [-0.39, 0.29) is 36.4 Å². The second kappa shape index (κ2) is 19.2. The Hall–Kier alpha value is -4.53. The van der Waals surface area contributed by atoms with Crippen LogP contribution in [-0.2, 0) is 39.2 Å². The van der Waals surface area contributed by atoms with Gasteiger partial charge in [0.25, 0.3) is 0 Å². The summed E-state index contributed by atoms with van der Waals surface area (Å²) in [6, 6.07) is 17.0. The zero-order valence-corrected chi connectivity index (χ0v) is 35.8. The van der Waals surface area contributed by atoms with Crippen LogP contribution in [0.3, 0.4) is 0 Å². The molecule has 59 heavy (non-hydrogen) atoms. The number of sulfone groups is 1. The first-order valence-corrected chi connectivity index (χ1v) is 22.3. The maximum Gasteiger partial charge on any atom is 0.306 e. The molecule has 6 rings (SSSR count). The van der Waals surface area contributed by atoms with Gasteiger partial charge < -0.3 is 29.3 Å². The molecule has 12 nitrogen and oxygen atoms in total. The first-order chi connectivity index (χ1) is 28.1. The number of aliphatic hydroxyl groups is 1. The average Bonchev–Trinajstić information content (AvgIpc) is 3.56. The zero-order chi connectivity index (χ0) is 42.3. The summed E-state index contributed by atoms with van der Waals surface area (Å²) in [7, 11) is -3.46. The monoisotopic (exact) mass is 847 g/mol. The van der Waals surface area contributed by atoms with E-state index in [0.717, 1.165) is 77.6 Å². The van der Waals surface area contributed by atoms with Crippen LogP contribution in [0.25, 0.3) is 11.1 Å². The molecule has 4 aromatic rings. The molecule has 0 spiro atoms. The number of pyridine rings is 1. The average molecular weight is 848 g/mol. The van der Waals surface area contributed by atoms with Crippen molar-refractivity contribution < 1.29 is 42.4 Å². The maximum atomic E-state index is 12.6. The fraction of sp³-hybridized carbons (Fsp3) is 0.444. The lowest BCUT2D eigenvalue weighted by molar-refractivity contribution is -0.142. The van der Waals surface area contributed by atoms with E-state index < -0.39 is 21.4 Å². The Morgan fingerprint density at radius 1 is 0.915 bits per heavy atom. The summed E-state index contributed by atoms with van der Waals surface area (Å²) < 4.78 is 43.4. The standard InChI is InChI=1S/C45H54ClN3O9S/c1-30-34(10-7-11-37(30)38-12-8-14-41(31(38)2)56-19-9-16-48-18-15-45(53,29-48)23-44(51)52)28-58-43-22-42(57-27-33-20-36(25-47-24-33)59(4,54)55)35(21-39(43)46)26-49-17-6-5-13-40(49)32(3)50/h7-8,10-12,14,20-22,24-25,40,53H,5-6,9,13,15-19,23,26-29H2,1-4H3,(H,51,52)/t40-,45?/m0/s1. The van der Waals surface area contributed by atoms with Gasteiger partial charge in [-0.15, -0.1) is 0 Å².